The van der Waals surface area contributed by atoms with Crippen LogP contribution in [0, 0.1) is 13.8 Å². The molecule has 3 heterocycles. The van der Waals surface area contributed by atoms with E-state index < -0.39 is 23.5 Å². The quantitative estimate of drug-likeness (QED) is 0.141. The third-order valence-electron chi connectivity index (χ3n) is 5.64. The SMILES string of the molecule is Cc1nc(C)c(C(=O)C2=C(O)C(=O)N(c3nnc(SCc4ccc(Cl)cc4)s3)C2c2ccccc2Cl)s1. The fraction of sp³-hybridized carbons (Fsp3) is 0.160. The summed E-state index contributed by atoms with van der Waals surface area (Å²) in [6, 6.07) is 13.4. The van der Waals surface area contributed by atoms with Gasteiger partial charge in [0.25, 0.3) is 5.91 Å². The largest absolute Gasteiger partial charge is 0.503 e. The van der Waals surface area contributed by atoms with Crippen LogP contribution in [0.4, 0.5) is 5.13 Å². The molecular weight excluding hydrogens is 571 g/mol. The summed E-state index contributed by atoms with van der Waals surface area (Å²) in [4.78, 5) is 33.1. The number of aliphatic hydroxyl groups is 1. The number of hydrogen-bond donors (Lipinski definition) is 1. The highest BCUT2D eigenvalue weighted by molar-refractivity contribution is 8.00. The third kappa shape index (κ3) is 5.04. The Kier molecular flexibility index (Phi) is 7.37. The smallest absolute Gasteiger partial charge is 0.296 e. The van der Waals surface area contributed by atoms with Gasteiger partial charge in [-0.3, -0.25) is 14.5 Å². The number of thiazole rings is 1. The standard InChI is InChI=1S/C25H18Cl2N4O3S3/c1-12-22(36-13(2)28-12)20(32)18-19(16-5-3-4-6-17(16)27)31(23(34)21(18)33)24-29-30-25(37-24)35-11-14-7-9-15(26)10-8-14/h3-10,19,33H,11H2,1-2H3. The Morgan fingerprint density at radius 3 is 2.49 bits per heavy atom. The Hall–Kier alpha value is -2.76. The first-order chi connectivity index (χ1) is 17.7. The number of anilines is 1. The summed E-state index contributed by atoms with van der Waals surface area (Å²) in [6.07, 6.45) is 0. The van der Waals surface area contributed by atoms with Crippen LogP contribution in [-0.4, -0.2) is 32.0 Å². The van der Waals surface area contributed by atoms with Crippen molar-refractivity contribution < 1.29 is 14.7 Å². The number of amides is 1. The molecule has 0 radical (unpaired) electrons. The van der Waals surface area contributed by atoms with E-state index in [1.165, 1.54) is 39.3 Å². The van der Waals surface area contributed by atoms with Crippen molar-refractivity contribution in [3.8, 4) is 0 Å². The van der Waals surface area contributed by atoms with Crippen LogP contribution in [0.3, 0.4) is 0 Å². The van der Waals surface area contributed by atoms with Gasteiger partial charge in [-0.25, -0.2) is 4.98 Å². The highest BCUT2D eigenvalue weighted by Gasteiger charge is 2.47. The van der Waals surface area contributed by atoms with Crippen molar-refractivity contribution in [1.29, 1.82) is 0 Å². The lowest BCUT2D eigenvalue weighted by atomic mass is 9.95. The van der Waals surface area contributed by atoms with Crippen LogP contribution in [0.5, 0.6) is 0 Å². The van der Waals surface area contributed by atoms with Crippen LogP contribution >= 0.6 is 57.6 Å². The topological polar surface area (TPSA) is 96.3 Å². The minimum absolute atomic E-state index is 0.0598. The number of aromatic nitrogens is 3. The van der Waals surface area contributed by atoms with Gasteiger partial charge in [-0.1, -0.05) is 76.6 Å². The maximum atomic E-state index is 13.7. The van der Waals surface area contributed by atoms with Crippen molar-refractivity contribution in [2.45, 2.75) is 30.0 Å². The summed E-state index contributed by atoms with van der Waals surface area (Å²) in [7, 11) is 0. The molecule has 12 heteroatoms. The van der Waals surface area contributed by atoms with Crippen LogP contribution < -0.4 is 4.90 Å². The number of thioether (sulfide) groups is 1. The lowest BCUT2D eigenvalue weighted by molar-refractivity contribution is -0.117. The molecular formula is C25H18Cl2N4O3S3. The molecule has 37 heavy (non-hydrogen) atoms. The minimum atomic E-state index is -0.974. The van der Waals surface area contributed by atoms with Crippen molar-refractivity contribution in [1.82, 2.24) is 15.2 Å². The number of benzene rings is 2. The van der Waals surface area contributed by atoms with Crippen LogP contribution in [0.25, 0.3) is 0 Å². The van der Waals surface area contributed by atoms with Gasteiger partial charge in [0.15, 0.2) is 10.1 Å². The molecule has 0 spiro atoms. The van der Waals surface area contributed by atoms with Crippen molar-refractivity contribution >= 4 is 74.5 Å². The maximum absolute atomic E-state index is 13.7. The first kappa shape index (κ1) is 25.9. The van der Waals surface area contributed by atoms with Crippen molar-refractivity contribution in [3.05, 3.63) is 96.6 Å². The Morgan fingerprint density at radius 2 is 1.81 bits per heavy atom. The van der Waals surface area contributed by atoms with Crippen molar-refractivity contribution in [2.75, 3.05) is 4.90 Å². The van der Waals surface area contributed by atoms with E-state index in [0.717, 1.165) is 5.56 Å². The highest BCUT2D eigenvalue weighted by atomic mass is 35.5. The number of nitrogens with zero attached hydrogens (tertiary/aromatic N) is 4. The van der Waals surface area contributed by atoms with Gasteiger partial charge in [-0.15, -0.1) is 21.5 Å². The Balaban J connectivity index is 1.51. The number of Topliss-reactive ketones (excluding diaryl/α,β-unsaturated/α-hetero) is 1. The zero-order chi connectivity index (χ0) is 26.3. The molecule has 1 N–H and O–H groups in total. The first-order valence-electron chi connectivity index (χ1n) is 10.9. The number of rotatable bonds is 7. The summed E-state index contributed by atoms with van der Waals surface area (Å²) in [5, 5.41) is 21.4. The second kappa shape index (κ2) is 10.5. The normalized spacial score (nSPS) is 15.6. The summed E-state index contributed by atoms with van der Waals surface area (Å²) >= 11 is 16.4. The molecule has 7 nitrogen and oxygen atoms in total. The molecule has 1 amide bonds. The predicted molar refractivity (Wildman–Crippen MR) is 148 cm³/mol. The van der Waals surface area contributed by atoms with Gasteiger partial charge in [-0.05, 0) is 43.2 Å². The number of aryl methyl sites for hydroxylation is 2. The van der Waals surface area contributed by atoms with E-state index in [2.05, 4.69) is 15.2 Å². The van der Waals surface area contributed by atoms with Crippen LogP contribution in [0.1, 0.15) is 37.5 Å². The fourth-order valence-corrected chi connectivity index (χ4v) is 7.04. The third-order valence-corrected chi connectivity index (χ3v) is 9.43. The number of halogens is 2. The molecule has 2 aromatic carbocycles. The number of ketones is 1. The van der Waals surface area contributed by atoms with Crippen LogP contribution in [0.2, 0.25) is 10.0 Å². The monoisotopic (exact) mass is 588 g/mol. The molecule has 1 aliphatic heterocycles. The zero-order valence-electron chi connectivity index (χ0n) is 19.4. The fourth-order valence-electron chi connectivity index (χ4n) is 3.97. The van der Waals surface area contributed by atoms with E-state index in [-0.39, 0.29) is 10.7 Å². The summed E-state index contributed by atoms with van der Waals surface area (Å²) in [6.45, 7) is 3.52. The Bertz CT molecular complexity index is 1550. The summed E-state index contributed by atoms with van der Waals surface area (Å²) in [5.41, 5.74) is 2.03. The van der Waals surface area contributed by atoms with Gasteiger partial charge in [0.2, 0.25) is 10.9 Å². The molecule has 5 rings (SSSR count). The predicted octanol–water partition coefficient (Wildman–Crippen LogP) is 6.99. The molecule has 2 aromatic heterocycles. The van der Waals surface area contributed by atoms with Crippen molar-refractivity contribution in [3.63, 3.8) is 0 Å². The molecule has 0 fully saturated rings. The Morgan fingerprint density at radius 1 is 1.08 bits per heavy atom. The van der Waals surface area contributed by atoms with Gasteiger partial charge < -0.3 is 5.11 Å². The lowest BCUT2D eigenvalue weighted by Gasteiger charge is -2.24. The van der Waals surface area contributed by atoms with E-state index in [9.17, 15) is 14.7 Å². The number of carbonyl (C=O) groups is 2. The molecule has 0 aliphatic carbocycles. The van der Waals surface area contributed by atoms with Crippen molar-refractivity contribution in [2.24, 2.45) is 0 Å². The average molecular weight is 590 g/mol. The molecule has 4 aromatic rings. The number of aliphatic hydroxyl groups excluding tert-OH is 1. The second-order valence-electron chi connectivity index (χ2n) is 8.10. The second-order valence-corrected chi connectivity index (χ2v) is 12.3. The Labute approximate surface area is 234 Å². The molecule has 0 saturated heterocycles. The molecule has 0 saturated carbocycles. The first-order valence-corrected chi connectivity index (χ1v) is 14.3. The molecule has 0 bridgehead atoms. The van der Waals surface area contributed by atoms with Gasteiger partial charge in [0, 0.05) is 15.8 Å². The lowest BCUT2D eigenvalue weighted by Crippen LogP contribution is -2.31. The number of carbonyl (C=O) groups excluding carboxylic acids is 2. The zero-order valence-corrected chi connectivity index (χ0v) is 23.4. The molecule has 188 valence electrons. The molecule has 1 aliphatic rings. The summed E-state index contributed by atoms with van der Waals surface area (Å²) < 4.78 is 0.629. The minimum Gasteiger partial charge on any atom is -0.503 e. The van der Waals surface area contributed by atoms with E-state index in [0.29, 0.717) is 41.3 Å². The van der Waals surface area contributed by atoms with E-state index >= 15 is 0 Å². The van der Waals surface area contributed by atoms with Crippen LogP contribution in [-0.2, 0) is 10.5 Å². The average Bonchev–Trinajstić information content (AvgIpc) is 3.55. The van der Waals surface area contributed by atoms with Crippen LogP contribution in [0.15, 0.2) is 64.2 Å². The van der Waals surface area contributed by atoms with E-state index in [1.54, 1.807) is 38.1 Å². The highest BCUT2D eigenvalue weighted by Crippen LogP contribution is 2.46. The summed E-state index contributed by atoms with van der Waals surface area (Å²) in [5.74, 6) is -1.21. The molecule has 1 unspecified atom stereocenters. The van der Waals surface area contributed by atoms with Gasteiger partial charge in [-0.2, -0.15) is 0 Å². The van der Waals surface area contributed by atoms with Gasteiger partial charge >= 0.3 is 0 Å². The molecule has 1 atom stereocenters. The van der Waals surface area contributed by atoms with Gasteiger partial charge in [0.1, 0.15) is 0 Å². The van der Waals surface area contributed by atoms with E-state index in [4.69, 9.17) is 23.2 Å². The van der Waals surface area contributed by atoms with Gasteiger partial charge in [0.05, 0.1) is 27.2 Å². The number of hydrogen-bond acceptors (Lipinski definition) is 9. The van der Waals surface area contributed by atoms with E-state index in [1.807, 2.05) is 24.3 Å². The maximum Gasteiger partial charge on any atom is 0.296 e.